The van der Waals surface area contributed by atoms with Gasteiger partial charge in [-0.15, -0.1) is 0 Å². The number of nitrogens with zero attached hydrogens (tertiary/aromatic N) is 3. The van der Waals surface area contributed by atoms with E-state index in [1.54, 1.807) is 6.20 Å². The van der Waals surface area contributed by atoms with Gasteiger partial charge in [-0.1, -0.05) is 23.8 Å². The molecule has 6 rings (SSSR count). The van der Waals surface area contributed by atoms with E-state index in [1.165, 1.54) is 29.5 Å². The van der Waals surface area contributed by atoms with Gasteiger partial charge in [-0.25, -0.2) is 4.98 Å². The number of anilines is 1. The van der Waals surface area contributed by atoms with E-state index < -0.39 is 0 Å². The molecule has 2 aliphatic rings. The number of aromatic nitrogens is 3. The number of carbonyl (C=O) groups is 1. The smallest absolute Gasteiger partial charge is 0.261 e. The lowest BCUT2D eigenvalue weighted by atomic mass is 9.99. The molecule has 1 amide bonds. The van der Waals surface area contributed by atoms with E-state index >= 15 is 0 Å². The van der Waals surface area contributed by atoms with Gasteiger partial charge in [0.2, 0.25) is 0 Å². The lowest BCUT2D eigenvalue weighted by Crippen LogP contribution is -2.33. The van der Waals surface area contributed by atoms with E-state index in [4.69, 9.17) is 4.98 Å². The summed E-state index contributed by atoms with van der Waals surface area (Å²) in [6.45, 7) is 10.9. The molecule has 0 unspecified atom stereocenters. The molecular formula is C31H36N6O2. The molecule has 3 N–H and O–H groups in total. The fourth-order valence-electron chi connectivity index (χ4n) is 5.95. The molecule has 1 fully saturated rings. The summed E-state index contributed by atoms with van der Waals surface area (Å²) in [6, 6.07) is 12.4. The summed E-state index contributed by atoms with van der Waals surface area (Å²) in [5.41, 5.74) is 8.01. The Bertz CT molecular complexity index is 1600. The highest BCUT2D eigenvalue weighted by Crippen LogP contribution is 2.30. The number of H-pyrrole nitrogens is 2. The molecule has 0 spiro atoms. The number of carbonyl (C=O) groups excluding carboxylic acids is 1. The van der Waals surface area contributed by atoms with Crippen molar-refractivity contribution in [1.29, 1.82) is 0 Å². The third-order valence-corrected chi connectivity index (χ3v) is 8.10. The molecule has 2 aromatic carbocycles. The van der Waals surface area contributed by atoms with Gasteiger partial charge in [0.25, 0.3) is 11.5 Å². The standard InChI is InChI=1S/C31H36N6O2/c1-19-6-7-20(2)22(14-19)15-21(3)33-25-8-9-32-30(38)28(25)29-34-26-16-23-18-37(13-12-36-10-4-5-11-36)31(39)24(23)17-27(26)35-29/h6-9,14,16-17,21H,4-5,10-13,15,18H2,1-3H3,(H,34,35)(H2,32,33,38)/t21-/m0/s1. The predicted octanol–water partition coefficient (Wildman–Crippen LogP) is 4.63. The summed E-state index contributed by atoms with van der Waals surface area (Å²) in [6.07, 6.45) is 4.99. The normalized spacial score (nSPS) is 16.3. The molecule has 4 heterocycles. The average Bonchev–Trinajstić information content (AvgIpc) is 3.63. The molecule has 0 radical (unpaired) electrons. The van der Waals surface area contributed by atoms with Crippen LogP contribution in [0.1, 0.15) is 52.4 Å². The van der Waals surface area contributed by atoms with Gasteiger partial charge in [0.15, 0.2) is 0 Å². The first-order chi connectivity index (χ1) is 18.9. The van der Waals surface area contributed by atoms with E-state index in [0.717, 1.165) is 49.4 Å². The van der Waals surface area contributed by atoms with Crippen molar-refractivity contribution in [2.75, 3.05) is 31.5 Å². The predicted molar refractivity (Wildman–Crippen MR) is 155 cm³/mol. The van der Waals surface area contributed by atoms with Crippen LogP contribution in [0.3, 0.4) is 0 Å². The van der Waals surface area contributed by atoms with Crippen molar-refractivity contribution in [2.45, 2.75) is 52.6 Å². The zero-order valence-electron chi connectivity index (χ0n) is 22.9. The Morgan fingerprint density at radius 3 is 2.69 bits per heavy atom. The quantitative estimate of drug-likeness (QED) is 0.312. The first-order valence-electron chi connectivity index (χ1n) is 13.9. The summed E-state index contributed by atoms with van der Waals surface area (Å²) in [7, 11) is 0. The number of aryl methyl sites for hydroxylation is 2. The zero-order chi connectivity index (χ0) is 27.1. The Labute approximate surface area is 228 Å². The lowest BCUT2D eigenvalue weighted by Gasteiger charge is -2.20. The van der Waals surface area contributed by atoms with Gasteiger partial charge in [0.1, 0.15) is 11.4 Å². The minimum Gasteiger partial charge on any atom is -0.381 e. The molecule has 8 nitrogen and oxygen atoms in total. The maximum absolute atomic E-state index is 13.2. The summed E-state index contributed by atoms with van der Waals surface area (Å²) in [5, 5.41) is 3.54. The topological polar surface area (TPSA) is 97.1 Å². The number of aromatic amines is 2. The number of pyridine rings is 1. The van der Waals surface area contributed by atoms with Crippen molar-refractivity contribution >= 4 is 22.6 Å². The summed E-state index contributed by atoms with van der Waals surface area (Å²) in [4.78, 5) is 41.5. The van der Waals surface area contributed by atoms with Crippen LogP contribution in [0.25, 0.3) is 22.4 Å². The Kier molecular flexibility index (Phi) is 6.73. The second kappa shape index (κ2) is 10.3. The number of nitrogens with one attached hydrogen (secondary N) is 3. The molecule has 1 saturated heterocycles. The molecule has 0 bridgehead atoms. The van der Waals surface area contributed by atoms with Crippen LogP contribution in [0, 0.1) is 13.8 Å². The monoisotopic (exact) mass is 524 g/mol. The fourth-order valence-corrected chi connectivity index (χ4v) is 5.95. The van der Waals surface area contributed by atoms with E-state index in [9.17, 15) is 9.59 Å². The first kappa shape index (κ1) is 25.4. The summed E-state index contributed by atoms with van der Waals surface area (Å²) < 4.78 is 0. The van der Waals surface area contributed by atoms with Crippen LogP contribution in [0.15, 0.2) is 47.4 Å². The van der Waals surface area contributed by atoms with Gasteiger partial charge in [0, 0.05) is 37.4 Å². The Morgan fingerprint density at radius 1 is 1.05 bits per heavy atom. The van der Waals surface area contributed by atoms with Crippen LogP contribution in [-0.2, 0) is 13.0 Å². The van der Waals surface area contributed by atoms with Gasteiger partial charge in [-0.2, -0.15) is 0 Å². The molecule has 202 valence electrons. The molecule has 2 aliphatic heterocycles. The van der Waals surface area contributed by atoms with Gasteiger partial charge in [0.05, 0.1) is 16.7 Å². The van der Waals surface area contributed by atoms with E-state index in [2.05, 4.69) is 59.2 Å². The summed E-state index contributed by atoms with van der Waals surface area (Å²) in [5.74, 6) is 0.561. The highest BCUT2D eigenvalue weighted by molar-refractivity contribution is 6.02. The van der Waals surface area contributed by atoms with Crippen LogP contribution >= 0.6 is 0 Å². The zero-order valence-corrected chi connectivity index (χ0v) is 22.9. The number of amides is 1. The van der Waals surface area contributed by atoms with Crippen molar-refractivity contribution in [3.63, 3.8) is 0 Å². The largest absolute Gasteiger partial charge is 0.381 e. The number of imidazole rings is 1. The lowest BCUT2D eigenvalue weighted by molar-refractivity contribution is 0.0763. The number of benzene rings is 2. The van der Waals surface area contributed by atoms with E-state index in [1.807, 2.05) is 23.1 Å². The van der Waals surface area contributed by atoms with Crippen LogP contribution < -0.4 is 10.9 Å². The summed E-state index contributed by atoms with van der Waals surface area (Å²) >= 11 is 0. The number of likely N-dealkylation sites (tertiary alicyclic amines) is 1. The average molecular weight is 525 g/mol. The van der Waals surface area contributed by atoms with Gasteiger partial charge in [-0.05, 0) is 88.0 Å². The van der Waals surface area contributed by atoms with Crippen molar-refractivity contribution in [2.24, 2.45) is 0 Å². The number of hydrogen-bond donors (Lipinski definition) is 3. The third kappa shape index (κ3) is 5.08. The van der Waals surface area contributed by atoms with Crippen molar-refractivity contribution in [1.82, 2.24) is 24.8 Å². The molecule has 2 aromatic heterocycles. The van der Waals surface area contributed by atoms with Gasteiger partial charge >= 0.3 is 0 Å². The fraction of sp³-hybridized carbons (Fsp3) is 0.387. The van der Waals surface area contributed by atoms with Crippen LogP contribution in [-0.4, -0.2) is 62.9 Å². The number of fused-ring (bicyclic) bond motifs is 2. The molecular weight excluding hydrogens is 488 g/mol. The Hall–Kier alpha value is -3.91. The van der Waals surface area contributed by atoms with Gasteiger partial charge < -0.3 is 25.1 Å². The number of hydrogen-bond acceptors (Lipinski definition) is 5. The molecule has 39 heavy (non-hydrogen) atoms. The van der Waals surface area contributed by atoms with E-state index in [0.29, 0.717) is 29.0 Å². The molecule has 0 saturated carbocycles. The van der Waals surface area contributed by atoms with Crippen molar-refractivity contribution in [3.05, 3.63) is 80.8 Å². The second-order valence-corrected chi connectivity index (χ2v) is 11.2. The van der Waals surface area contributed by atoms with E-state index in [-0.39, 0.29) is 17.5 Å². The molecule has 4 aromatic rings. The highest BCUT2D eigenvalue weighted by atomic mass is 16.2. The van der Waals surface area contributed by atoms with Crippen LogP contribution in [0.5, 0.6) is 0 Å². The third-order valence-electron chi connectivity index (χ3n) is 8.10. The van der Waals surface area contributed by atoms with Crippen LogP contribution in [0.2, 0.25) is 0 Å². The molecule has 1 atom stereocenters. The number of rotatable bonds is 8. The second-order valence-electron chi connectivity index (χ2n) is 11.2. The minimum absolute atomic E-state index is 0.0656. The molecule has 8 heteroatoms. The Morgan fingerprint density at radius 2 is 1.87 bits per heavy atom. The molecule has 0 aliphatic carbocycles. The maximum atomic E-state index is 13.2. The van der Waals surface area contributed by atoms with Crippen molar-refractivity contribution in [3.8, 4) is 11.4 Å². The maximum Gasteiger partial charge on any atom is 0.261 e. The Balaban J connectivity index is 1.24. The minimum atomic E-state index is -0.213. The van der Waals surface area contributed by atoms with Crippen LogP contribution in [0.4, 0.5) is 5.69 Å². The highest BCUT2D eigenvalue weighted by Gasteiger charge is 2.29. The first-order valence-corrected chi connectivity index (χ1v) is 13.9. The van der Waals surface area contributed by atoms with Gasteiger partial charge in [-0.3, -0.25) is 9.59 Å². The van der Waals surface area contributed by atoms with Crippen molar-refractivity contribution < 1.29 is 4.79 Å². The SMILES string of the molecule is Cc1ccc(C)c(C[C@H](C)Nc2cc[nH]c(=O)c2-c2nc3cc4c(cc3[nH]2)CN(CCN2CCCC2)C4=O)c1.